The number of tetrazole rings is 1. The van der Waals surface area contributed by atoms with Gasteiger partial charge in [0.15, 0.2) is 0 Å². The Morgan fingerprint density at radius 2 is 2.32 bits per heavy atom. The molecule has 1 fully saturated rings. The first kappa shape index (κ1) is 16.2. The van der Waals surface area contributed by atoms with E-state index < -0.39 is 0 Å². The number of nitrogens with zero attached hydrogens (tertiary/aromatic N) is 6. The highest BCUT2D eigenvalue weighted by molar-refractivity contribution is 8.15. The maximum atomic E-state index is 12.5. The van der Waals surface area contributed by atoms with E-state index in [1.54, 1.807) is 17.2 Å². The molecule has 0 spiro atoms. The number of thioether (sulfide) groups is 1. The normalized spacial score (nSPS) is 22.7. The predicted molar refractivity (Wildman–Crippen MR) is 94.0 cm³/mol. The predicted octanol–water partition coefficient (Wildman–Crippen LogP) is 1.04. The number of carbonyl (C=O) groups is 1. The third-order valence-corrected chi connectivity index (χ3v) is 5.58. The molecule has 2 atom stereocenters. The molecular weight excluding hydrogens is 338 g/mol. The quantitative estimate of drug-likeness (QED) is 0.830. The molecule has 25 heavy (non-hydrogen) atoms. The summed E-state index contributed by atoms with van der Waals surface area (Å²) in [5, 5.41) is 15.9. The maximum Gasteiger partial charge on any atom is 0.236 e. The minimum atomic E-state index is -0.276. The van der Waals surface area contributed by atoms with Crippen LogP contribution in [-0.4, -0.2) is 47.4 Å². The van der Waals surface area contributed by atoms with Crippen LogP contribution in [0.3, 0.4) is 0 Å². The van der Waals surface area contributed by atoms with E-state index >= 15 is 0 Å². The zero-order valence-corrected chi connectivity index (χ0v) is 14.7. The first-order valence-corrected chi connectivity index (χ1v) is 9.26. The summed E-state index contributed by atoms with van der Waals surface area (Å²) in [6.45, 7) is 3.21. The van der Waals surface area contributed by atoms with Crippen LogP contribution >= 0.6 is 11.8 Å². The van der Waals surface area contributed by atoms with Crippen LogP contribution in [0.5, 0.6) is 0 Å². The van der Waals surface area contributed by atoms with Gasteiger partial charge in [-0.1, -0.05) is 17.8 Å². The molecule has 4 rings (SSSR count). The first-order chi connectivity index (χ1) is 12.2. The van der Waals surface area contributed by atoms with Crippen LogP contribution in [0.15, 0.2) is 29.5 Å². The minimum absolute atomic E-state index is 0.0366. The van der Waals surface area contributed by atoms with Crippen LogP contribution < -0.4 is 5.32 Å². The van der Waals surface area contributed by atoms with Crippen LogP contribution in [-0.2, 0) is 17.9 Å². The monoisotopic (exact) mass is 357 g/mol. The van der Waals surface area contributed by atoms with Gasteiger partial charge >= 0.3 is 0 Å². The molecule has 2 aromatic heterocycles. The molecule has 8 nitrogen and oxygen atoms in total. The van der Waals surface area contributed by atoms with Crippen molar-refractivity contribution in [3.63, 3.8) is 0 Å². The van der Waals surface area contributed by atoms with Crippen molar-refractivity contribution in [1.29, 1.82) is 0 Å². The standard InChI is InChI=1S/C16H19N7OS/c1-10-13(15(24)18-8-12-3-2-6-17-7-12)25-16(19-10)14-20-22-23(21-14)9-11-4-5-11/h2-3,6-7,10-11,13H,4-5,8-9H2,1H3,(H,18,24). The van der Waals surface area contributed by atoms with E-state index in [0.29, 0.717) is 23.3 Å². The third kappa shape index (κ3) is 3.87. The van der Waals surface area contributed by atoms with Gasteiger partial charge < -0.3 is 5.32 Å². The molecule has 2 aliphatic rings. The zero-order chi connectivity index (χ0) is 17.2. The van der Waals surface area contributed by atoms with Crippen molar-refractivity contribution in [2.75, 3.05) is 0 Å². The second-order valence-electron chi connectivity index (χ2n) is 6.40. The van der Waals surface area contributed by atoms with Crippen molar-refractivity contribution in [3.8, 4) is 0 Å². The van der Waals surface area contributed by atoms with Crippen molar-refractivity contribution in [2.45, 2.75) is 44.1 Å². The number of aromatic nitrogens is 5. The molecule has 9 heteroatoms. The van der Waals surface area contributed by atoms with Gasteiger partial charge in [0, 0.05) is 18.9 Å². The molecule has 2 unspecified atom stereocenters. The van der Waals surface area contributed by atoms with Gasteiger partial charge in [0.05, 0.1) is 12.6 Å². The van der Waals surface area contributed by atoms with Gasteiger partial charge in [-0.2, -0.15) is 4.80 Å². The highest BCUT2D eigenvalue weighted by atomic mass is 32.2. The highest BCUT2D eigenvalue weighted by Gasteiger charge is 2.35. The lowest BCUT2D eigenvalue weighted by Gasteiger charge is -2.13. The summed E-state index contributed by atoms with van der Waals surface area (Å²) < 4.78 is 0. The summed E-state index contributed by atoms with van der Waals surface area (Å²) in [5.74, 6) is 1.16. The smallest absolute Gasteiger partial charge is 0.236 e. The Hall–Kier alpha value is -2.29. The lowest BCUT2D eigenvalue weighted by Crippen LogP contribution is -2.36. The number of carbonyl (C=O) groups excluding carboxylic acids is 1. The average molecular weight is 357 g/mol. The van der Waals surface area contributed by atoms with Crippen molar-refractivity contribution in [2.24, 2.45) is 10.9 Å². The fraction of sp³-hybridized carbons (Fsp3) is 0.500. The lowest BCUT2D eigenvalue weighted by atomic mass is 10.2. The van der Waals surface area contributed by atoms with E-state index in [2.05, 4.69) is 30.7 Å². The van der Waals surface area contributed by atoms with Gasteiger partial charge in [0.25, 0.3) is 0 Å². The number of nitrogens with one attached hydrogen (secondary N) is 1. The summed E-state index contributed by atoms with van der Waals surface area (Å²) in [6.07, 6.45) is 5.94. The molecule has 1 saturated carbocycles. The second kappa shape index (κ2) is 6.91. The summed E-state index contributed by atoms with van der Waals surface area (Å²) in [7, 11) is 0. The zero-order valence-electron chi connectivity index (χ0n) is 13.9. The topological polar surface area (TPSA) is 98.0 Å². The van der Waals surface area contributed by atoms with Crippen molar-refractivity contribution in [1.82, 2.24) is 30.5 Å². The van der Waals surface area contributed by atoms with Crippen LogP contribution in [0.4, 0.5) is 0 Å². The Morgan fingerprint density at radius 3 is 3.08 bits per heavy atom. The van der Waals surface area contributed by atoms with Gasteiger partial charge in [-0.05, 0) is 42.5 Å². The fourth-order valence-electron chi connectivity index (χ4n) is 2.61. The molecule has 3 heterocycles. The van der Waals surface area contributed by atoms with Crippen LogP contribution in [0.2, 0.25) is 0 Å². The molecular formula is C16H19N7OS. The van der Waals surface area contributed by atoms with E-state index in [1.165, 1.54) is 24.6 Å². The Balaban J connectivity index is 1.35. The molecule has 1 N–H and O–H groups in total. The Bertz CT molecular complexity index is 787. The number of hydrogen-bond donors (Lipinski definition) is 1. The molecule has 2 aromatic rings. The highest BCUT2D eigenvalue weighted by Crippen LogP contribution is 2.31. The molecule has 1 aliphatic carbocycles. The van der Waals surface area contributed by atoms with Crippen molar-refractivity contribution >= 4 is 22.7 Å². The minimum Gasteiger partial charge on any atom is -0.351 e. The van der Waals surface area contributed by atoms with Gasteiger partial charge in [0.2, 0.25) is 11.7 Å². The SMILES string of the molecule is CC1N=C(c2nnn(CC3CC3)n2)SC1C(=O)NCc1cccnc1. The van der Waals surface area contributed by atoms with E-state index in [-0.39, 0.29) is 17.2 Å². The van der Waals surface area contributed by atoms with Crippen molar-refractivity contribution in [3.05, 3.63) is 35.9 Å². The summed E-state index contributed by atoms with van der Waals surface area (Å²) in [6, 6.07) is 3.67. The average Bonchev–Trinajstić information content (AvgIpc) is 3.16. The number of hydrogen-bond acceptors (Lipinski definition) is 7. The third-order valence-electron chi connectivity index (χ3n) is 4.21. The van der Waals surface area contributed by atoms with Gasteiger partial charge in [-0.15, -0.1) is 10.2 Å². The Kier molecular flexibility index (Phi) is 4.48. The molecule has 1 amide bonds. The van der Waals surface area contributed by atoms with Gasteiger partial charge in [-0.25, -0.2) is 0 Å². The van der Waals surface area contributed by atoms with E-state index in [9.17, 15) is 4.79 Å². The fourth-order valence-corrected chi connectivity index (χ4v) is 3.72. The summed E-state index contributed by atoms with van der Waals surface area (Å²) >= 11 is 1.41. The first-order valence-electron chi connectivity index (χ1n) is 8.38. The van der Waals surface area contributed by atoms with Gasteiger partial charge in [0.1, 0.15) is 10.3 Å². The van der Waals surface area contributed by atoms with Crippen LogP contribution in [0.1, 0.15) is 31.2 Å². The van der Waals surface area contributed by atoms with Crippen LogP contribution in [0.25, 0.3) is 0 Å². The largest absolute Gasteiger partial charge is 0.351 e. The van der Waals surface area contributed by atoms with E-state index in [1.807, 2.05) is 19.1 Å². The summed E-state index contributed by atoms with van der Waals surface area (Å²) in [4.78, 5) is 22.7. The van der Waals surface area contributed by atoms with Gasteiger partial charge in [-0.3, -0.25) is 14.8 Å². The summed E-state index contributed by atoms with van der Waals surface area (Å²) in [5.41, 5.74) is 0.970. The molecule has 0 radical (unpaired) electrons. The second-order valence-corrected chi connectivity index (χ2v) is 7.53. The lowest BCUT2D eigenvalue weighted by molar-refractivity contribution is -0.120. The Morgan fingerprint density at radius 1 is 1.44 bits per heavy atom. The maximum absolute atomic E-state index is 12.5. The Labute approximate surface area is 149 Å². The molecule has 0 aromatic carbocycles. The number of pyridine rings is 1. The van der Waals surface area contributed by atoms with E-state index in [4.69, 9.17) is 0 Å². The molecule has 0 saturated heterocycles. The molecule has 0 bridgehead atoms. The number of amides is 1. The molecule has 130 valence electrons. The number of rotatable bonds is 6. The number of aliphatic imine (C=N–C) groups is 1. The van der Waals surface area contributed by atoms with Crippen LogP contribution in [0, 0.1) is 5.92 Å². The molecule has 1 aliphatic heterocycles. The van der Waals surface area contributed by atoms with Crippen molar-refractivity contribution < 1.29 is 4.79 Å². The van der Waals surface area contributed by atoms with E-state index in [0.717, 1.165) is 12.1 Å².